The first-order chi connectivity index (χ1) is 3.29. The van der Waals surface area contributed by atoms with E-state index in [9.17, 15) is 0 Å². The Morgan fingerprint density at radius 3 is 2.43 bits per heavy atom. The second-order valence-electron chi connectivity index (χ2n) is 1.58. The fourth-order valence-corrected chi connectivity index (χ4v) is 2.10. The molecule has 0 saturated heterocycles. The molecule has 0 aliphatic carbocycles. The average Bonchev–Trinajstić information content (AvgIpc) is 1.87. The summed E-state index contributed by atoms with van der Waals surface area (Å²) in [5.74, 6) is 0. The van der Waals surface area contributed by atoms with Gasteiger partial charge in [0.1, 0.15) is 0 Å². The predicted octanol–water partition coefficient (Wildman–Crippen LogP) is 0.755. The molecule has 1 rings (SSSR count). The molecule has 0 unspecified atom stereocenters. The summed E-state index contributed by atoms with van der Waals surface area (Å²) < 4.78 is 5.77. The fourth-order valence-electron chi connectivity index (χ4n) is 0.491. The first kappa shape index (κ1) is 5.34. The number of hydrogen-bond acceptors (Lipinski definition) is 1. The molecule has 38 valence electrons. The van der Waals surface area contributed by atoms with Gasteiger partial charge < -0.3 is 0 Å². The molecule has 0 bridgehead atoms. The molecule has 0 radical (unpaired) electrons. The van der Waals surface area contributed by atoms with Gasteiger partial charge in [-0.3, -0.25) is 0 Å². The molecule has 0 fully saturated rings. The van der Waals surface area contributed by atoms with Gasteiger partial charge in [0, 0.05) is 0 Å². The fraction of sp³-hybridized carbons (Fsp3) is 0.400. The number of rotatable bonds is 0. The molecule has 1 aromatic rings. The molecule has 0 spiro atoms. The van der Waals surface area contributed by atoms with E-state index in [0.717, 1.165) is 0 Å². The van der Waals surface area contributed by atoms with Crippen molar-refractivity contribution in [1.82, 2.24) is 3.21 Å². The topological polar surface area (TPSA) is 12.9 Å². The average molecular weight is 209 g/mol. The third-order valence-electron chi connectivity index (χ3n) is 0.746. The van der Waals surface area contributed by atoms with Crippen LogP contribution in [0.3, 0.4) is 0 Å². The van der Waals surface area contributed by atoms with Gasteiger partial charge >= 0.3 is 53.1 Å². The Hall–Kier alpha value is 0.200. The van der Waals surface area contributed by atoms with Gasteiger partial charge in [0.2, 0.25) is 0 Å². The molecule has 0 aliphatic heterocycles. The summed E-state index contributed by atoms with van der Waals surface area (Å²) in [7, 11) is 0. The number of aromatic nitrogens is 1. The van der Waals surface area contributed by atoms with Crippen LogP contribution in [0.25, 0.3) is 0 Å². The Balaban J connectivity index is 3.04. The van der Waals surface area contributed by atoms with Gasteiger partial charge in [0.15, 0.2) is 0 Å². The molecule has 1 heterocycles. The quantitative estimate of drug-likeness (QED) is 0.574. The van der Waals surface area contributed by atoms with Crippen molar-refractivity contribution in [2.45, 2.75) is 13.8 Å². The third-order valence-corrected chi connectivity index (χ3v) is 2.99. The van der Waals surface area contributed by atoms with E-state index in [0.29, 0.717) is 0 Å². The Labute approximate surface area is 53.4 Å². The Kier molecular flexibility index (Phi) is 1.51. The molecule has 0 aromatic carbocycles. The summed E-state index contributed by atoms with van der Waals surface area (Å²) in [6.07, 6.45) is 0. The summed E-state index contributed by atoms with van der Waals surface area (Å²) in [5, 5.41) is 0. The molecule has 0 N–H and O–H groups in total. The van der Waals surface area contributed by atoms with Gasteiger partial charge in [-0.15, -0.1) is 0 Å². The van der Waals surface area contributed by atoms with Gasteiger partial charge in [-0.25, -0.2) is 0 Å². The molecule has 0 atom stereocenters. The van der Waals surface area contributed by atoms with E-state index in [1.807, 2.05) is 0 Å². The van der Waals surface area contributed by atoms with Crippen LogP contribution >= 0.6 is 0 Å². The zero-order valence-corrected chi connectivity index (χ0v) is 6.76. The van der Waals surface area contributed by atoms with Crippen LogP contribution in [0, 0.1) is 13.8 Å². The molecule has 0 aliphatic rings. The third kappa shape index (κ3) is 1.29. The van der Waals surface area contributed by atoms with Crippen molar-refractivity contribution in [3.8, 4) is 0 Å². The molecule has 1 aromatic heterocycles. The van der Waals surface area contributed by atoms with E-state index in [4.69, 9.17) is 0 Å². The minimum absolute atomic E-state index is 0.0634. The maximum atomic E-state index is 4.27. The van der Waals surface area contributed by atoms with Gasteiger partial charge in [-0.1, -0.05) is 0 Å². The normalized spacial score (nSPS) is 9.43. The van der Waals surface area contributed by atoms with Crippen molar-refractivity contribution >= 4 is 20.7 Å². The van der Waals surface area contributed by atoms with Gasteiger partial charge in [-0.05, 0) is 0 Å². The summed E-state index contributed by atoms with van der Waals surface area (Å²) in [6, 6.07) is 2.17. The molecular weight excluding hydrogens is 202 g/mol. The van der Waals surface area contributed by atoms with Gasteiger partial charge in [0.25, 0.3) is 0 Å². The Bertz CT molecular complexity index is 140. The van der Waals surface area contributed by atoms with E-state index in [1.54, 1.807) is 0 Å². The van der Waals surface area contributed by atoms with E-state index in [2.05, 4.69) is 23.1 Å². The summed E-state index contributed by atoms with van der Waals surface area (Å²) in [6.45, 7) is 4.21. The van der Waals surface area contributed by atoms with E-state index in [1.165, 1.54) is 9.27 Å². The van der Waals surface area contributed by atoms with Crippen molar-refractivity contribution in [1.29, 1.82) is 0 Å². The van der Waals surface area contributed by atoms with E-state index >= 15 is 0 Å². The summed E-state index contributed by atoms with van der Waals surface area (Å²) in [4.78, 5) is 0. The minimum atomic E-state index is -0.0634. The van der Waals surface area contributed by atoms with Crippen molar-refractivity contribution in [2.24, 2.45) is 0 Å². The van der Waals surface area contributed by atoms with Crippen molar-refractivity contribution < 1.29 is 0 Å². The van der Waals surface area contributed by atoms with Gasteiger partial charge in [-0.2, -0.15) is 0 Å². The zero-order valence-electron chi connectivity index (χ0n) is 4.43. The van der Waals surface area contributed by atoms with Crippen LogP contribution in [0.5, 0.6) is 0 Å². The molecule has 7 heavy (non-hydrogen) atoms. The predicted molar refractivity (Wildman–Crippen MR) is 30.7 cm³/mol. The van der Waals surface area contributed by atoms with Crippen LogP contribution in [0.15, 0.2) is 6.07 Å². The van der Waals surface area contributed by atoms with Crippen LogP contribution in [-0.2, 0) is 0 Å². The first-order valence-electron chi connectivity index (χ1n) is 2.19. The molecule has 0 amide bonds. The van der Waals surface area contributed by atoms with Crippen LogP contribution in [0.1, 0.15) is 9.27 Å². The second-order valence-corrected chi connectivity index (χ2v) is 4.46. The van der Waals surface area contributed by atoms with Crippen molar-refractivity contribution in [3.63, 3.8) is 0 Å². The molecular formula is C5H7NTe. The van der Waals surface area contributed by atoms with E-state index < -0.39 is 0 Å². The SMILES string of the molecule is Cc1cc(C)[te]n1. The number of hydrogen-bond donors (Lipinski definition) is 0. The Morgan fingerprint density at radius 1 is 1.57 bits per heavy atom. The van der Waals surface area contributed by atoms with Crippen LogP contribution in [0.4, 0.5) is 0 Å². The molecule has 0 saturated carbocycles. The Morgan fingerprint density at radius 2 is 2.29 bits per heavy atom. The number of aryl methyl sites for hydroxylation is 2. The maximum absolute atomic E-state index is 4.27. The monoisotopic (exact) mass is 211 g/mol. The standard InChI is InChI=1S/C5H7NTe/c1-4-3-5(2)7-6-4/h3H,1-2H3. The zero-order chi connectivity index (χ0) is 5.28. The summed E-state index contributed by atoms with van der Waals surface area (Å²) >= 11 is -0.0634. The van der Waals surface area contributed by atoms with Crippen molar-refractivity contribution in [2.75, 3.05) is 0 Å². The first-order valence-corrected chi connectivity index (χ1v) is 4.40. The van der Waals surface area contributed by atoms with Crippen LogP contribution in [0.2, 0.25) is 0 Å². The van der Waals surface area contributed by atoms with Gasteiger partial charge in [0.05, 0.1) is 0 Å². The number of nitrogens with zero attached hydrogens (tertiary/aromatic N) is 1. The van der Waals surface area contributed by atoms with Crippen molar-refractivity contribution in [3.05, 3.63) is 15.3 Å². The second kappa shape index (κ2) is 1.98. The van der Waals surface area contributed by atoms with Crippen LogP contribution in [-0.4, -0.2) is 23.9 Å². The van der Waals surface area contributed by atoms with Crippen LogP contribution < -0.4 is 0 Å². The molecule has 2 heteroatoms. The van der Waals surface area contributed by atoms with E-state index in [-0.39, 0.29) is 20.7 Å². The molecule has 1 nitrogen and oxygen atoms in total. The summed E-state index contributed by atoms with van der Waals surface area (Å²) in [5.41, 5.74) is 1.22.